The van der Waals surface area contributed by atoms with Crippen LogP contribution in [-0.4, -0.2) is 48.2 Å². The summed E-state index contributed by atoms with van der Waals surface area (Å²) in [5, 5.41) is 2.88. The molecule has 1 saturated heterocycles. The molecule has 1 aromatic carbocycles. The number of nitrogens with zero attached hydrogens (tertiary/aromatic N) is 1. The number of rotatable bonds is 5. The van der Waals surface area contributed by atoms with Crippen molar-refractivity contribution in [2.45, 2.75) is 65.9 Å². The minimum atomic E-state index is -0.549. The van der Waals surface area contributed by atoms with E-state index in [1.165, 1.54) is 0 Å². The number of nitrogens with one attached hydrogen (secondary N) is 1. The van der Waals surface area contributed by atoms with Crippen LogP contribution in [0.1, 0.15) is 64.5 Å². The van der Waals surface area contributed by atoms with Gasteiger partial charge >= 0.3 is 12.1 Å². The highest BCUT2D eigenvalue weighted by Crippen LogP contribution is 2.27. The lowest BCUT2D eigenvalue weighted by atomic mass is 9.97. The van der Waals surface area contributed by atoms with Crippen LogP contribution in [0.5, 0.6) is 0 Å². The minimum absolute atomic E-state index is 0.262. The Bertz CT molecular complexity index is 774. The van der Waals surface area contributed by atoms with Crippen molar-refractivity contribution in [3.8, 4) is 0 Å². The van der Waals surface area contributed by atoms with E-state index in [1.807, 2.05) is 45.9 Å². The second kappa shape index (κ2) is 9.96. The van der Waals surface area contributed by atoms with Crippen LogP contribution in [0.25, 0.3) is 0 Å². The van der Waals surface area contributed by atoms with Crippen LogP contribution in [-0.2, 0) is 19.1 Å². The first-order chi connectivity index (χ1) is 14.0. The topological polar surface area (TPSA) is 84.9 Å². The van der Waals surface area contributed by atoms with Gasteiger partial charge in [-0.1, -0.05) is 32.0 Å². The number of esters is 1. The summed E-state index contributed by atoms with van der Waals surface area (Å²) in [5.41, 5.74) is 2.24. The monoisotopic (exact) mass is 418 g/mol. The SMILES string of the molecule is Cc1cccc(C(C)C)c1NC(=O)COC(=O)C1CCN(C(=O)OC(C)(C)C)CC1. The Kier molecular flexibility index (Phi) is 7.87. The molecule has 7 nitrogen and oxygen atoms in total. The Morgan fingerprint density at radius 2 is 1.80 bits per heavy atom. The third-order valence-corrected chi connectivity index (χ3v) is 5.02. The molecule has 1 N–H and O–H groups in total. The Balaban J connectivity index is 1.82. The van der Waals surface area contributed by atoms with E-state index in [0.717, 1.165) is 16.8 Å². The Labute approximate surface area is 179 Å². The van der Waals surface area contributed by atoms with Crippen LogP contribution < -0.4 is 5.32 Å². The molecule has 30 heavy (non-hydrogen) atoms. The zero-order chi connectivity index (χ0) is 22.5. The van der Waals surface area contributed by atoms with E-state index in [1.54, 1.807) is 4.90 Å². The van der Waals surface area contributed by atoms with Crippen LogP contribution >= 0.6 is 0 Å². The first-order valence-corrected chi connectivity index (χ1v) is 10.5. The molecular formula is C23H34N2O5. The summed E-state index contributed by atoms with van der Waals surface area (Å²) in [6.07, 6.45) is 0.622. The molecule has 1 aliphatic heterocycles. The number of piperidine rings is 1. The van der Waals surface area contributed by atoms with Gasteiger partial charge in [-0.2, -0.15) is 0 Å². The van der Waals surface area contributed by atoms with Gasteiger partial charge in [-0.05, 0) is 57.6 Å². The molecular weight excluding hydrogens is 384 g/mol. The number of carbonyl (C=O) groups excluding carboxylic acids is 3. The summed E-state index contributed by atoms with van der Waals surface area (Å²) >= 11 is 0. The number of hydrogen-bond acceptors (Lipinski definition) is 5. The fourth-order valence-electron chi connectivity index (χ4n) is 3.40. The largest absolute Gasteiger partial charge is 0.455 e. The number of ether oxygens (including phenoxy) is 2. The van der Waals surface area contributed by atoms with Gasteiger partial charge in [0.25, 0.3) is 5.91 Å². The van der Waals surface area contributed by atoms with Crippen molar-refractivity contribution < 1.29 is 23.9 Å². The second-order valence-electron chi connectivity index (χ2n) is 9.09. The fraction of sp³-hybridized carbons (Fsp3) is 0.609. The highest BCUT2D eigenvalue weighted by atomic mass is 16.6. The quantitative estimate of drug-likeness (QED) is 0.723. The van der Waals surface area contributed by atoms with Gasteiger partial charge in [0.2, 0.25) is 0 Å². The lowest BCUT2D eigenvalue weighted by Crippen LogP contribution is -2.43. The summed E-state index contributed by atoms with van der Waals surface area (Å²) in [6, 6.07) is 5.88. The van der Waals surface area contributed by atoms with E-state index >= 15 is 0 Å². The van der Waals surface area contributed by atoms with Gasteiger partial charge < -0.3 is 19.7 Å². The van der Waals surface area contributed by atoms with Crippen LogP contribution in [0.2, 0.25) is 0 Å². The number of benzene rings is 1. The van der Waals surface area contributed by atoms with E-state index in [0.29, 0.717) is 25.9 Å². The smallest absolute Gasteiger partial charge is 0.410 e. The molecule has 0 aromatic heterocycles. The van der Waals surface area contributed by atoms with Gasteiger partial charge in [0.05, 0.1) is 5.92 Å². The number of hydrogen-bond donors (Lipinski definition) is 1. The third kappa shape index (κ3) is 6.75. The van der Waals surface area contributed by atoms with Gasteiger partial charge in [-0.15, -0.1) is 0 Å². The summed E-state index contributed by atoms with van der Waals surface area (Å²) in [4.78, 5) is 38.4. The molecule has 2 amide bonds. The van der Waals surface area contributed by atoms with E-state index < -0.39 is 11.6 Å². The number of likely N-dealkylation sites (tertiary alicyclic amines) is 1. The molecule has 0 atom stereocenters. The van der Waals surface area contributed by atoms with E-state index in [2.05, 4.69) is 19.2 Å². The van der Waals surface area contributed by atoms with Crippen LogP contribution in [0.4, 0.5) is 10.5 Å². The average Bonchev–Trinajstić information content (AvgIpc) is 2.66. The molecule has 0 radical (unpaired) electrons. The maximum absolute atomic E-state index is 12.4. The zero-order valence-electron chi connectivity index (χ0n) is 18.9. The lowest BCUT2D eigenvalue weighted by molar-refractivity contribution is -0.153. The predicted octanol–water partition coefficient (Wildman–Crippen LogP) is 4.25. The fourth-order valence-corrected chi connectivity index (χ4v) is 3.40. The van der Waals surface area contributed by atoms with Crippen LogP contribution in [0.15, 0.2) is 18.2 Å². The average molecular weight is 419 g/mol. The molecule has 1 aliphatic rings. The first-order valence-electron chi connectivity index (χ1n) is 10.5. The normalized spacial score (nSPS) is 15.1. The van der Waals surface area contributed by atoms with Gasteiger partial charge in [0.15, 0.2) is 6.61 Å². The summed E-state index contributed by atoms with van der Waals surface area (Å²) in [7, 11) is 0. The molecule has 0 saturated carbocycles. The minimum Gasteiger partial charge on any atom is -0.455 e. The van der Waals surface area contributed by atoms with Crippen molar-refractivity contribution in [2.24, 2.45) is 5.92 Å². The van der Waals surface area contributed by atoms with Gasteiger partial charge in [-0.25, -0.2) is 4.79 Å². The predicted molar refractivity (Wildman–Crippen MR) is 115 cm³/mol. The Morgan fingerprint density at radius 3 is 2.37 bits per heavy atom. The van der Waals surface area contributed by atoms with E-state index in [9.17, 15) is 14.4 Å². The van der Waals surface area contributed by atoms with Crippen molar-refractivity contribution in [1.29, 1.82) is 0 Å². The number of aryl methyl sites for hydroxylation is 1. The van der Waals surface area contributed by atoms with Gasteiger partial charge in [0.1, 0.15) is 5.60 Å². The molecule has 1 heterocycles. The number of amides is 2. The maximum atomic E-state index is 12.4. The van der Waals surface area contributed by atoms with Crippen molar-refractivity contribution in [3.05, 3.63) is 29.3 Å². The number of para-hydroxylation sites is 1. The molecule has 0 bridgehead atoms. The lowest BCUT2D eigenvalue weighted by Gasteiger charge is -2.32. The molecule has 0 unspecified atom stereocenters. The van der Waals surface area contributed by atoms with Crippen LogP contribution in [0, 0.1) is 12.8 Å². The van der Waals surface area contributed by atoms with Crippen molar-refractivity contribution in [2.75, 3.05) is 25.0 Å². The van der Waals surface area contributed by atoms with E-state index in [-0.39, 0.29) is 30.4 Å². The summed E-state index contributed by atoms with van der Waals surface area (Å²) in [5.74, 6) is -0.812. The van der Waals surface area contributed by atoms with Crippen LogP contribution in [0.3, 0.4) is 0 Å². The third-order valence-electron chi connectivity index (χ3n) is 5.02. The number of carbonyl (C=O) groups is 3. The van der Waals surface area contributed by atoms with Gasteiger partial charge in [0, 0.05) is 18.8 Å². The molecule has 1 aromatic rings. The molecule has 1 fully saturated rings. The summed E-state index contributed by atoms with van der Waals surface area (Å²) < 4.78 is 10.6. The Morgan fingerprint density at radius 1 is 1.17 bits per heavy atom. The number of anilines is 1. The summed E-state index contributed by atoms with van der Waals surface area (Å²) in [6.45, 7) is 12.1. The molecule has 0 spiro atoms. The zero-order valence-corrected chi connectivity index (χ0v) is 18.9. The van der Waals surface area contributed by atoms with Crippen molar-refractivity contribution in [3.63, 3.8) is 0 Å². The maximum Gasteiger partial charge on any atom is 0.410 e. The highest BCUT2D eigenvalue weighted by molar-refractivity contribution is 5.94. The first kappa shape index (κ1) is 23.7. The van der Waals surface area contributed by atoms with Crippen molar-refractivity contribution in [1.82, 2.24) is 4.90 Å². The molecule has 166 valence electrons. The molecule has 2 rings (SSSR count). The molecule has 0 aliphatic carbocycles. The second-order valence-corrected chi connectivity index (χ2v) is 9.09. The highest BCUT2D eigenvalue weighted by Gasteiger charge is 2.31. The van der Waals surface area contributed by atoms with E-state index in [4.69, 9.17) is 9.47 Å². The Hall–Kier alpha value is -2.57. The van der Waals surface area contributed by atoms with Gasteiger partial charge in [-0.3, -0.25) is 9.59 Å². The standard InChI is InChI=1S/C23H34N2O5/c1-15(2)18-9-7-8-16(3)20(18)24-19(26)14-29-21(27)17-10-12-25(13-11-17)22(28)30-23(4,5)6/h7-9,15,17H,10-14H2,1-6H3,(H,24,26). The molecule has 7 heteroatoms. The van der Waals surface area contributed by atoms with Crippen molar-refractivity contribution >= 4 is 23.7 Å².